The molecule has 0 spiro atoms. The van der Waals surface area contributed by atoms with E-state index in [0.717, 1.165) is 27.6 Å². The lowest BCUT2D eigenvalue weighted by Gasteiger charge is -2.24. The van der Waals surface area contributed by atoms with E-state index >= 15 is 0 Å². The smallest absolute Gasteiger partial charge is 0.414 e. The molecule has 5 nitrogen and oxygen atoms in total. The summed E-state index contributed by atoms with van der Waals surface area (Å²) in [6.07, 6.45) is 3.65. The summed E-state index contributed by atoms with van der Waals surface area (Å²) in [4.78, 5) is 23.5. The SMILES string of the molecule is CC(C)(C)OC(=O)N1CCc2c(Sc3cnc(Cl)cn3)cccc21. The van der Waals surface area contributed by atoms with Gasteiger partial charge in [-0.3, -0.25) is 4.90 Å². The Balaban J connectivity index is 1.83. The maximum atomic E-state index is 12.4. The molecule has 2 aromatic rings. The molecular weight excluding hydrogens is 346 g/mol. The third-order valence-electron chi connectivity index (χ3n) is 3.41. The fourth-order valence-electron chi connectivity index (χ4n) is 2.47. The first-order chi connectivity index (χ1) is 11.3. The number of carbonyl (C=O) groups is 1. The molecule has 0 N–H and O–H groups in total. The fourth-order valence-corrected chi connectivity index (χ4v) is 3.48. The zero-order chi connectivity index (χ0) is 17.3. The van der Waals surface area contributed by atoms with Gasteiger partial charge in [0.1, 0.15) is 15.8 Å². The summed E-state index contributed by atoms with van der Waals surface area (Å²) in [5.74, 6) is 0. The average Bonchev–Trinajstić information content (AvgIpc) is 2.93. The van der Waals surface area contributed by atoms with E-state index in [2.05, 4.69) is 9.97 Å². The van der Waals surface area contributed by atoms with Crippen LogP contribution in [0.25, 0.3) is 0 Å². The number of fused-ring (bicyclic) bond motifs is 1. The molecule has 0 fully saturated rings. The zero-order valence-corrected chi connectivity index (χ0v) is 15.3. The first kappa shape index (κ1) is 17.0. The van der Waals surface area contributed by atoms with Gasteiger partial charge in [-0.15, -0.1) is 0 Å². The molecule has 1 aromatic heterocycles. The van der Waals surface area contributed by atoms with Crippen molar-refractivity contribution in [3.63, 3.8) is 0 Å². The summed E-state index contributed by atoms with van der Waals surface area (Å²) < 4.78 is 5.49. The molecule has 1 amide bonds. The van der Waals surface area contributed by atoms with Crippen molar-refractivity contribution < 1.29 is 9.53 Å². The van der Waals surface area contributed by atoms with Crippen LogP contribution >= 0.6 is 23.4 Å². The summed E-state index contributed by atoms with van der Waals surface area (Å²) in [7, 11) is 0. The number of aromatic nitrogens is 2. The predicted octanol–water partition coefficient (Wildman–Crippen LogP) is 4.58. The average molecular weight is 364 g/mol. The molecule has 0 bridgehead atoms. The van der Waals surface area contributed by atoms with Gasteiger partial charge in [-0.1, -0.05) is 29.4 Å². The molecule has 0 unspecified atom stereocenters. The number of benzene rings is 1. The molecule has 0 radical (unpaired) electrons. The molecule has 0 saturated heterocycles. The standard InChI is InChI=1S/C17H18ClN3O2S/c1-17(2,3)23-16(22)21-8-7-11-12(21)5-4-6-13(11)24-15-10-19-14(18)9-20-15/h4-6,9-10H,7-8H2,1-3H3. The van der Waals surface area contributed by atoms with E-state index < -0.39 is 5.60 Å². The van der Waals surface area contributed by atoms with Gasteiger partial charge in [-0.05, 0) is 44.9 Å². The fraction of sp³-hybridized carbons (Fsp3) is 0.353. The van der Waals surface area contributed by atoms with Gasteiger partial charge in [0.05, 0.1) is 18.1 Å². The summed E-state index contributed by atoms with van der Waals surface area (Å²) >= 11 is 7.29. The van der Waals surface area contributed by atoms with E-state index in [4.69, 9.17) is 16.3 Å². The zero-order valence-electron chi connectivity index (χ0n) is 13.7. The van der Waals surface area contributed by atoms with E-state index in [1.165, 1.54) is 18.0 Å². The number of anilines is 1. The lowest BCUT2D eigenvalue weighted by molar-refractivity contribution is 0.0584. The maximum Gasteiger partial charge on any atom is 0.414 e. The Morgan fingerprint density at radius 1 is 1.29 bits per heavy atom. The van der Waals surface area contributed by atoms with Gasteiger partial charge in [-0.2, -0.15) is 0 Å². The van der Waals surface area contributed by atoms with Crippen molar-refractivity contribution in [2.45, 2.75) is 42.7 Å². The highest BCUT2D eigenvalue weighted by Crippen LogP contribution is 2.38. The van der Waals surface area contributed by atoms with Crippen LogP contribution in [0.15, 0.2) is 40.5 Å². The third kappa shape index (κ3) is 3.82. The quantitative estimate of drug-likeness (QED) is 0.781. The van der Waals surface area contributed by atoms with E-state index in [1.807, 2.05) is 39.0 Å². The van der Waals surface area contributed by atoms with Gasteiger partial charge < -0.3 is 4.74 Å². The van der Waals surface area contributed by atoms with Crippen LogP contribution in [0.5, 0.6) is 0 Å². The van der Waals surface area contributed by atoms with Crippen molar-refractivity contribution in [1.82, 2.24) is 9.97 Å². The molecule has 7 heteroatoms. The van der Waals surface area contributed by atoms with Gasteiger partial charge in [0.15, 0.2) is 0 Å². The van der Waals surface area contributed by atoms with Crippen LogP contribution in [-0.2, 0) is 11.2 Å². The number of rotatable bonds is 2. The minimum Gasteiger partial charge on any atom is -0.443 e. The van der Waals surface area contributed by atoms with Crippen molar-refractivity contribution >= 4 is 35.1 Å². The van der Waals surface area contributed by atoms with Crippen molar-refractivity contribution in [3.8, 4) is 0 Å². The topological polar surface area (TPSA) is 55.3 Å². The highest BCUT2D eigenvalue weighted by molar-refractivity contribution is 7.99. The molecule has 1 aromatic carbocycles. The van der Waals surface area contributed by atoms with Gasteiger partial charge in [0.25, 0.3) is 0 Å². The highest BCUT2D eigenvalue weighted by atomic mass is 35.5. The van der Waals surface area contributed by atoms with Crippen molar-refractivity contribution in [1.29, 1.82) is 0 Å². The number of ether oxygens (including phenoxy) is 1. The van der Waals surface area contributed by atoms with Gasteiger partial charge in [0.2, 0.25) is 0 Å². The summed E-state index contributed by atoms with van der Waals surface area (Å²) in [6.45, 7) is 6.22. The van der Waals surface area contributed by atoms with Gasteiger partial charge in [0, 0.05) is 11.4 Å². The van der Waals surface area contributed by atoms with E-state index in [0.29, 0.717) is 11.7 Å². The van der Waals surface area contributed by atoms with Crippen LogP contribution in [0.3, 0.4) is 0 Å². The first-order valence-corrected chi connectivity index (χ1v) is 8.81. The van der Waals surface area contributed by atoms with E-state index in [-0.39, 0.29) is 6.09 Å². The lowest BCUT2D eigenvalue weighted by atomic mass is 10.2. The number of amides is 1. The van der Waals surface area contributed by atoms with Crippen LogP contribution < -0.4 is 4.90 Å². The Hall–Kier alpha value is -1.79. The Morgan fingerprint density at radius 3 is 2.75 bits per heavy atom. The Bertz CT molecular complexity index is 759. The van der Waals surface area contributed by atoms with Gasteiger partial charge >= 0.3 is 6.09 Å². The molecule has 0 aliphatic carbocycles. The molecule has 1 aliphatic rings. The second kappa shape index (κ2) is 6.61. The number of hydrogen-bond acceptors (Lipinski definition) is 5. The number of nitrogens with zero attached hydrogens (tertiary/aromatic N) is 3. The van der Waals surface area contributed by atoms with E-state index in [1.54, 1.807) is 11.1 Å². The molecule has 2 heterocycles. The highest BCUT2D eigenvalue weighted by Gasteiger charge is 2.30. The Kier molecular flexibility index (Phi) is 4.69. The monoisotopic (exact) mass is 363 g/mol. The largest absolute Gasteiger partial charge is 0.443 e. The molecule has 24 heavy (non-hydrogen) atoms. The van der Waals surface area contributed by atoms with Crippen LogP contribution in [0.1, 0.15) is 26.3 Å². The molecule has 0 atom stereocenters. The molecule has 126 valence electrons. The first-order valence-electron chi connectivity index (χ1n) is 7.61. The molecular formula is C17H18ClN3O2S. The summed E-state index contributed by atoms with van der Waals surface area (Å²) in [6, 6.07) is 5.91. The van der Waals surface area contributed by atoms with Crippen molar-refractivity contribution in [3.05, 3.63) is 41.3 Å². The van der Waals surface area contributed by atoms with Crippen molar-refractivity contribution in [2.75, 3.05) is 11.4 Å². The third-order valence-corrected chi connectivity index (χ3v) is 4.63. The van der Waals surface area contributed by atoms with E-state index in [9.17, 15) is 4.79 Å². The van der Waals surface area contributed by atoms with Crippen LogP contribution in [0.4, 0.5) is 10.5 Å². The minimum atomic E-state index is -0.509. The van der Waals surface area contributed by atoms with Crippen LogP contribution in [-0.4, -0.2) is 28.2 Å². The van der Waals surface area contributed by atoms with Gasteiger partial charge in [-0.25, -0.2) is 14.8 Å². The maximum absolute atomic E-state index is 12.4. The lowest BCUT2D eigenvalue weighted by Crippen LogP contribution is -2.35. The summed E-state index contributed by atoms with van der Waals surface area (Å²) in [5, 5.41) is 1.14. The second-order valence-corrected chi connectivity index (χ2v) is 7.86. The van der Waals surface area contributed by atoms with Crippen molar-refractivity contribution in [2.24, 2.45) is 0 Å². The predicted molar refractivity (Wildman–Crippen MR) is 94.9 cm³/mol. The minimum absolute atomic E-state index is 0.310. The second-order valence-electron chi connectivity index (χ2n) is 6.42. The number of halogens is 1. The molecule has 0 saturated carbocycles. The molecule has 3 rings (SSSR count). The van der Waals surface area contributed by atoms with Crippen LogP contribution in [0.2, 0.25) is 5.15 Å². The normalized spacial score (nSPS) is 13.8. The summed E-state index contributed by atoms with van der Waals surface area (Å²) in [5.41, 5.74) is 1.52. The Morgan fingerprint density at radius 2 is 2.08 bits per heavy atom. The number of hydrogen-bond donors (Lipinski definition) is 0. The number of carbonyl (C=O) groups excluding carboxylic acids is 1. The van der Waals surface area contributed by atoms with Crippen LogP contribution in [0, 0.1) is 0 Å². The molecule has 1 aliphatic heterocycles. The Labute approximate surface area is 150 Å².